The summed E-state index contributed by atoms with van der Waals surface area (Å²) in [6.07, 6.45) is 1.47. The van der Waals surface area contributed by atoms with Crippen LogP contribution in [-0.2, 0) is 4.79 Å². The third-order valence-electron chi connectivity index (χ3n) is 4.19. The summed E-state index contributed by atoms with van der Waals surface area (Å²) in [5, 5.41) is 12.1. The molecule has 5 heteroatoms. The average molecular weight is 337 g/mol. The number of aryl methyl sites for hydroxylation is 1. The average Bonchev–Trinajstić information content (AvgIpc) is 3.06. The maximum Gasteiger partial charge on any atom is 0.266 e. The second kappa shape index (κ2) is 8.20. The van der Waals surface area contributed by atoms with Crippen LogP contribution in [0.3, 0.4) is 0 Å². The summed E-state index contributed by atoms with van der Waals surface area (Å²) in [6.45, 7) is 9.64. The molecule has 130 valence electrons. The third-order valence-corrected chi connectivity index (χ3v) is 4.19. The van der Waals surface area contributed by atoms with E-state index in [1.54, 1.807) is 6.07 Å². The van der Waals surface area contributed by atoms with Crippen LogP contribution < -0.4 is 10.2 Å². The number of amides is 1. The number of anilines is 2. The van der Waals surface area contributed by atoms with Crippen molar-refractivity contribution in [2.45, 2.75) is 27.7 Å². The maximum absolute atomic E-state index is 12.4. The van der Waals surface area contributed by atoms with Crippen LogP contribution in [0.1, 0.15) is 30.7 Å². The number of hydrogen-bond acceptors (Lipinski definition) is 4. The Morgan fingerprint density at radius 1 is 1.24 bits per heavy atom. The van der Waals surface area contributed by atoms with E-state index in [4.69, 9.17) is 4.42 Å². The van der Waals surface area contributed by atoms with Gasteiger partial charge in [0.25, 0.3) is 5.91 Å². The molecular weight excluding hydrogens is 314 g/mol. The Kier molecular flexibility index (Phi) is 6.02. The molecule has 0 aliphatic rings. The summed E-state index contributed by atoms with van der Waals surface area (Å²) in [7, 11) is 0. The van der Waals surface area contributed by atoms with Crippen LogP contribution in [-0.4, -0.2) is 19.0 Å². The van der Waals surface area contributed by atoms with Gasteiger partial charge >= 0.3 is 0 Å². The topological polar surface area (TPSA) is 69.3 Å². The van der Waals surface area contributed by atoms with Crippen molar-refractivity contribution in [3.63, 3.8) is 0 Å². The Bertz CT molecular complexity index is 824. The molecule has 2 aromatic rings. The van der Waals surface area contributed by atoms with E-state index in [1.807, 2.05) is 58.0 Å². The molecule has 0 spiro atoms. The van der Waals surface area contributed by atoms with Gasteiger partial charge in [0.05, 0.1) is 0 Å². The Morgan fingerprint density at radius 2 is 1.96 bits per heavy atom. The highest BCUT2D eigenvalue weighted by Crippen LogP contribution is 2.22. The van der Waals surface area contributed by atoms with Gasteiger partial charge in [-0.15, -0.1) is 0 Å². The number of nitrogens with one attached hydrogen (secondary N) is 1. The lowest BCUT2D eigenvalue weighted by Gasteiger charge is -2.16. The van der Waals surface area contributed by atoms with Crippen LogP contribution in [0, 0.1) is 25.2 Å². The van der Waals surface area contributed by atoms with Gasteiger partial charge in [-0.1, -0.05) is 12.1 Å². The highest BCUT2D eigenvalue weighted by atomic mass is 16.4. The smallest absolute Gasteiger partial charge is 0.266 e. The molecule has 1 aromatic heterocycles. The van der Waals surface area contributed by atoms with Crippen molar-refractivity contribution in [3.05, 3.63) is 52.8 Å². The Balaban J connectivity index is 2.21. The zero-order valence-electron chi connectivity index (χ0n) is 15.1. The van der Waals surface area contributed by atoms with Gasteiger partial charge in [0.2, 0.25) is 0 Å². The first-order chi connectivity index (χ1) is 12.0. The summed E-state index contributed by atoms with van der Waals surface area (Å²) < 4.78 is 5.72. The van der Waals surface area contributed by atoms with Crippen LogP contribution >= 0.6 is 0 Å². The van der Waals surface area contributed by atoms with Crippen LogP contribution in [0.4, 0.5) is 11.6 Å². The van der Waals surface area contributed by atoms with Gasteiger partial charge in [-0.2, -0.15) is 5.26 Å². The molecule has 1 amide bonds. The molecule has 25 heavy (non-hydrogen) atoms. The number of carbonyl (C=O) groups excluding carboxylic acids is 1. The van der Waals surface area contributed by atoms with Gasteiger partial charge in [0, 0.05) is 30.9 Å². The lowest BCUT2D eigenvalue weighted by Crippen LogP contribution is -2.20. The Labute approximate surface area is 148 Å². The molecule has 0 aliphatic heterocycles. The molecule has 5 nitrogen and oxygen atoms in total. The van der Waals surface area contributed by atoms with Crippen LogP contribution in [0.5, 0.6) is 0 Å². The molecule has 0 radical (unpaired) electrons. The van der Waals surface area contributed by atoms with E-state index < -0.39 is 5.91 Å². The van der Waals surface area contributed by atoms with E-state index in [1.165, 1.54) is 6.08 Å². The second-order valence-electron chi connectivity index (χ2n) is 5.72. The van der Waals surface area contributed by atoms with Crippen molar-refractivity contribution in [2.75, 3.05) is 23.3 Å². The lowest BCUT2D eigenvalue weighted by atomic mass is 10.1. The molecule has 0 atom stereocenters. The molecule has 0 fully saturated rings. The predicted molar refractivity (Wildman–Crippen MR) is 100 cm³/mol. The van der Waals surface area contributed by atoms with Gasteiger partial charge < -0.3 is 14.6 Å². The van der Waals surface area contributed by atoms with Crippen molar-refractivity contribution in [1.29, 1.82) is 5.26 Å². The number of nitrogens with zero attached hydrogens (tertiary/aromatic N) is 2. The van der Waals surface area contributed by atoms with Gasteiger partial charge in [0.15, 0.2) is 5.88 Å². The van der Waals surface area contributed by atoms with E-state index in [0.29, 0.717) is 11.4 Å². The monoisotopic (exact) mass is 337 g/mol. The number of rotatable bonds is 6. The van der Waals surface area contributed by atoms with Crippen molar-refractivity contribution < 1.29 is 9.21 Å². The molecule has 1 aromatic carbocycles. The van der Waals surface area contributed by atoms with Gasteiger partial charge in [0.1, 0.15) is 17.4 Å². The molecule has 0 aliphatic carbocycles. The van der Waals surface area contributed by atoms with Gasteiger partial charge in [-0.05, 0) is 51.0 Å². The normalized spacial score (nSPS) is 11.1. The molecule has 0 bridgehead atoms. The first kappa shape index (κ1) is 18.3. The summed E-state index contributed by atoms with van der Waals surface area (Å²) in [4.78, 5) is 14.5. The van der Waals surface area contributed by atoms with Crippen molar-refractivity contribution in [2.24, 2.45) is 0 Å². The van der Waals surface area contributed by atoms with E-state index in [-0.39, 0.29) is 5.57 Å². The first-order valence-corrected chi connectivity index (χ1v) is 8.34. The minimum atomic E-state index is -0.447. The molecule has 0 saturated carbocycles. The highest BCUT2D eigenvalue weighted by Gasteiger charge is 2.13. The molecular formula is C20H23N3O2. The molecule has 1 N–H and O–H groups in total. The quantitative estimate of drug-likeness (QED) is 0.630. The van der Waals surface area contributed by atoms with E-state index >= 15 is 0 Å². The van der Waals surface area contributed by atoms with E-state index in [9.17, 15) is 10.1 Å². The lowest BCUT2D eigenvalue weighted by molar-refractivity contribution is -0.112. The number of furan rings is 1. The summed E-state index contributed by atoms with van der Waals surface area (Å²) >= 11 is 0. The maximum atomic E-state index is 12.4. The van der Waals surface area contributed by atoms with Crippen molar-refractivity contribution in [1.82, 2.24) is 0 Å². The molecule has 0 unspecified atom stereocenters. The SMILES string of the molecule is CCN(CC)c1ccc(/C=C(/C#N)C(=O)Nc2cccc(C)c2C)o1. The second-order valence-corrected chi connectivity index (χ2v) is 5.72. The number of hydrogen-bond donors (Lipinski definition) is 1. The van der Waals surface area contributed by atoms with Crippen LogP contribution in [0.2, 0.25) is 0 Å². The molecule has 0 saturated heterocycles. The van der Waals surface area contributed by atoms with E-state index in [0.717, 1.165) is 30.1 Å². The predicted octanol–water partition coefficient (Wildman–Crippen LogP) is 4.29. The first-order valence-electron chi connectivity index (χ1n) is 8.34. The summed E-state index contributed by atoms with van der Waals surface area (Å²) in [5.41, 5.74) is 2.76. The zero-order chi connectivity index (χ0) is 18.4. The largest absolute Gasteiger partial charge is 0.441 e. The van der Waals surface area contributed by atoms with Crippen molar-refractivity contribution >= 4 is 23.6 Å². The minimum absolute atomic E-state index is 0.00125. The molecule has 1 heterocycles. The van der Waals surface area contributed by atoms with Crippen LogP contribution in [0.25, 0.3) is 6.08 Å². The summed E-state index contributed by atoms with van der Waals surface area (Å²) in [5.74, 6) is 0.759. The third kappa shape index (κ3) is 4.30. The number of nitriles is 1. The number of benzene rings is 1. The molecule has 2 rings (SSSR count). The standard InChI is InChI=1S/C20H23N3O2/c1-5-23(6-2)19-11-10-17(25-19)12-16(13-21)20(24)22-18-9-7-8-14(3)15(18)4/h7-12H,5-6H2,1-4H3,(H,22,24)/b16-12-. The van der Waals surface area contributed by atoms with E-state index in [2.05, 4.69) is 10.2 Å². The highest BCUT2D eigenvalue weighted by molar-refractivity contribution is 6.09. The zero-order valence-corrected chi connectivity index (χ0v) is 15.1. The van der Waals surface area contributed by atoms with Crippen LogP contribution in [0.15, 0.2) is 40.3 Å². The summed E-state index contributed by atoms with van der Waals surface area (Å²) in [6, 6.07) is 11.2. The fourth-order valence-corrected chi connectivity index (χ4v) is 2.49. The number of carbonyl (C=O) groups is 1. The fourth-order valence-electron chi connectivity index (χ4n) is 2.49. The Hall–Kier alpha value is -3.00. The Morgan fingerprint density at radius 3 is 2.60 bits per heavy atom. The van der Waals surface area contributed by atoms with Gasteiger partial charge in [-0.25, -0.2) is 0 Å². The van der Waals surface area contributed by atoms with Gasteiger partial charge in [-0.3, -0.25) is 4.79 Å². The van der Waals surface area contributed by atoms with Crippen molar-refractivity contribution in [3.8, 4) is 6.07 Å². The minimum Gasteiger partial charge on any atom is -0.441 e. The fraction of sp³-hybridized carbons (Fsp3) is 0.300.